The smallest absolute Gasteiger partial charge is 0.275 e. The van der Waals surface area contributed by atoms with Crippen molar-refractivity contribution in [2.45, 2.75) is 27.3 Å². The Morgan fingerprint density at radius 2 is 1.74 bits per heavy atom. The van der Waals surface area contributed by atoms with Crippen LogP contribution in [0, 0.1) is 12.8 Å². The van der Waals surface area contributed by atoms with Crippen LogP contribution in [0.4, 0.5) is 5.69 Å². The van der Waals surface area contributed by atoms with Crippen LogP contribution in [-0.2, 0) is 6.54 Å². The van der Waals surface area contributed by atoms with E-state index in [0.717, 1.165) is 24.3 Å². The standard InChI is InChI=1S/C24H27ClN4O2/c1-16(2)15-29-23(30)20-7-5-4-6-19(20)22(26-29)24(31)28-12-10-27(11-13-28)21-14-18(25)9-8-17(21)3/h4-9,14,16H,10-13,15H2,1-3H3. The minimum absolute atomic E-state index is 0.129. The highest BCUT2D eigenvalue weighted by Gasteiger charge is 2.26. The number of benzene rings is 2. The molecule has 0 bridgehead atoms. The van der Waals surface area contributed by atoms with E-state index < -0.39 is 0 Å². The average Bonchev–Trinajstić information content (AvgIpc) is 2.77. The maximum Gasteiger partial charge on any atom is 0.275 e. The number of aryl methyl sites for hydroxylation is 1. The maximum absolute atomic E-state index is 13.4. The molecule has 0 aliphatic carbocycles. The van der Waals surface area contributed by atoms with Gasteiger partial charge in [-0.3, -0.25) is 9.59 Å². The quantitative estimate of drug-likeness (QED) is 0.618. The number of hydrogen-bond acceptors (Lipinski definition) is 4. The van der Waals surface area contributed by atoms with E-state index in [1.807, 2.05) is 55.1 Å². The van der Waals surface area contributed by atoms with Gasteiger partial charge in [-0.2, -0.15) is 5.10 Å². The summed E-state index contributed by atoms with van der Waals surface area (Å²) in [5.74, 6) is 0.120. The number of anilines is 1. The van der Waals surface area contributed by atoms with Crippen LogP contribution in [0.5, 0.6) is 0 Å². The number of carbonyl (C=O) groups is 1. The van der Waals surface area contributed by atoms with E-state index in [-0.39, 0.29) is 17.4 Å². The van der Waals surface area contributed by atoms with Crippen LogP contribution in [0.3, 0.4) is 0 Å². The third-order valence-electron chi connectivity index (χ3n) is 5.69. The predicted octanol–water partition coefficient (Wildman–Crippen LogP) is 3.98. The number of amides is 1. The first-order chi connectivity index (χ1) is 14.8. The molecule has 1 saturated heterocycles. The van der Waals surface area contributed by atoms with Gasteiger partial charge < -0.3 is 9.80 Å². The van der Waals surface area contributed by atoms with Gasteiger partial charge in [-0.25, -0.2) is 4.68 Å². The Balaban J connectivity index is 1.61. The Morgan fingerprint density at radius 3 is 2.42 bits per heavy atom. The van der Waals surface area contributed by atoms with Crippen molar-refractivity contribution in [3.63, 3.8) is 0 Å². The van der Waals surface area contributed by atoms with Crippen molar-refractivity contribution in [2.24, 2.45) is 5.92 Å². The van der Waals surface area contributed by atoms with Gasteiger partial charge in [-0.1, -0.05) is 49.7 Å². The SMILES string of the molecule is Cc1ccc(Cl)cc1N1CCN(C(=O)c2nn(CC(C)C)c(=O)c3ccccc23)CC1. The summed E-state index contributed by atoms with van der Waals surface area (Å²) in [5, 5.41) is 6.36. The summed E-state index contributed by atoms with van der Waals surface area (Å²) in [7, 11) is 0. The third-order valence-corrected chi connectivity index (χ3v) is 5.92. The van der Waals surface area contributed by atoms with Crippen molar-refractivity contribution < 1.29 is 4.79 Å². The molecule has 0 saturated carbocycles. The zero-order chi connectivity index (χ0) is 22.1. The summed E-state index contributed by atoms with van der Waals surface area (Å²) in [6, 6.07) is 13.1. The molecule has 2 heterocycles. The Hall–Kier alpha value is -2.86. The molecule has 0 atom stereocenters. The van der Waals surface area contributed by atoms with Gasteiger partial charge in [0.15, 0.2) is 5.69 Å². The highest BCUT2D eigenvalue weighted by molar-refractivity contribution is 6.30. The summed E-state index contributed by atoms with van der Waals surface area (Å²) in [6.45, 7) is 9.22. The van der Waals surface area contributed by atoms with Crippen molar-refractivity contribution in [2.75, 3.05) is 31.1 Å². The van der Waals surface area contributed by atoms with E-state index in [1.165, 1.54) is 4.68 Å². The largest absolute Gasteiger partial charge is 0.368 e. The molecule has 1 aliphatic rings. The predicted molar refractivity (Wildman–Crippen MR) is 125 cm³/mol. The minimum atomic E-state index is -0.151. The molecule has 0 N–H and O–H groups in total. The van der Waals surface area contributed by atoms with E-state index in [0.29, 0.717) is 41.1 Å². The fourth-order valence-electron chi connectivity index (χ4n) is 4.09. The lowest BCUT2D eigenvalue weighted by Crippen LogP contribution is -2.49. The van der Waals surface area contributed by atoms with E-state index >= 15 is 0 Å². The van der Waals surface area contributed by atoms with Crippen LogP contribution in [0.25, 0.3) is 10.8 Å². The van der Waals surface area contributed by atoms with Crippen LogP contribution in [0.2, 0.25) is 5.02 Å². The van der Waals surface area contributed by atoms with Crippen LogP contribution in [-0.4, -0.2) is 46.8 Å². The third kappa shape index (κ3) is 4.30. The molecule has 0 unspecified atom stereocenters. The highest BCUT2D eigenvalue weighted by Crippen LogP contribution is 2.26. The summed E-state index contributed by atoms with van der Waals surface area (Å²) >= 11 is 6.19. The van der Waals surface area contributed by atoms with Gasteiger partial charge in [0.25, 0.3) is 11.5 Å². The van der Waals surface area contributed by atoms with Gasteiger partial charge in [0.1, 0.15) is 0 Å². The lowest BCUT2D eigenvalue weighted by atomic mass is 10.1. The van der Waals surface area contributed by atoms with Crippen molar-refractivity contribution >= 4 is 34.0 Å². The van der Waals surface area contributed by atoms with Crippen LogP contribution in [0.1, 0.15) is 29.9 Å². The fraction of sp³-hybridized carbons (Fsp3) is 0.375. The molecule has 31 heavy (non-hydrogen) atoms. The van der Waals surface area contributed by atoms with Gasteiger partial charge in [0.05, 0.1) is 5.39 Å². The van der Waals surface area contributed by atoms with Crippen molar-refractivity contribution in [1.82, 2.24) is 14.7 Å². The van der Waals surface area contributed by atoms with E-state index in [9.17, 15) is 9.59 Å². The van der Waals surface area contributed by atoms with Gasteiger partial charge in [0, 0.05) is 48.8 Å². The van der Waals surface area contributed by atoms with E-state index in [4.69, 9.17) is 11.6 Å². The molecule has 2 aromatic carbocycles. The molecule has 162 valence electrons. The Bertz CT molecular complexity index is 1180. The summed E-state index contributed by atoms with van der Waals surface area (Å²) in [6.07, 6.45) is 0. The molecule has 1 amide bonds. The minimum Gasteiger partial charge on any atom is -0.368 e. The molecule has 4 rings (SSSR count). The number of rotatable bonds is 4. The summed E-state index contributed by atoms with van der Waals surface area (Å²) < 4.78 is 1.44. The Morgan fingerprint density at radius 1 is 1.06 bits per heavy atom. The highest BCUT2D eigenvalue weighted by atomic mass is 35.5. The topological polar surface area (TPSA) is 58.4 Å². The van der Waals surface area contributed by atoms with Crippen molar-refractivity contribution in [3.8, 4) is 0 Å². The van der Waals surface area contributed by atoms with Crippen molar-refractivity contribution in [1.29, 1.82) is 0 Å². The number of aromatic nitrogens is 2. The van der Waals surface area contributed by atoms with E-state index in [2.05, 4.69) is 16.9 Å². The van der Waals surface area contributed by atoms with Gasteiger partial charge in [-0.05, 0) is 36.6 Å². The number of carbonyl (C=O) groups excluding carboxylic acids is 1. The first-order valence-electron chi connectivity index (χ1n) is 10.7. The number of piperazine rings is 1. The zero-order valence-electron chi connectivity index (χ0n) is 18.1. The second-order valence-corrected chi connectivity index (χ2v) is 8.92. The Labute approximate surface area is 187 Å². The number of nitrogens with zero attached hydrogens (tertiary/aromatic N) is 4. The zero-order valence-corrected chi connectivity index (χ0v) is 18.9. The number of fused-ring (bicyclic) bond motifs is 1. The maximum atomic E-state index is 13.4. The monoisotopic (exact) mass is 438 g/mol. The summed E-state index contributed by atoms with van der Waals surface area (Å²) in [5.41, 5.74) is 2.47. The molecule has 1 aromatic heterocycles. The molecule has 6 nitrogen and oxygen atoms in total. The first kappa shape index (κ1) is 21.4. The molecule has 7 heteroatoms. The average molecular weight is 439 g/mol. The molecule has 0 radical (unpaired) electrons. The second-order valence-electron chi connectivity index (χ2n) is 8.49. The van der Waals surface area contributed by atoms with E-state index in [1.54, 1.807) is 6.07 Å². The second kappa shape index (κ2) is 8.71. The van der Waals surface area contributed by atoms with Gasteiger partial charge in [-0.15, -0.1) is 0 Å². The van der Waals surface area contributed by atoms with Gasteiger partial charge >= 0.3 is 0 Å². The fourth-order valence-corrected chi connectivity index (χ4v) is 4.25. The number of hydrogen-bond donors (Lipinski definition) is 0. The molecule has 3 aromatic rings. The molecule has 1 aliphatic heterocycles. The normalized spacial score (nSPS) is 14.5. The van der Waals surface area contributed by atoms with Crippen LogP contribution in [0.15, 0.2) is 47.3 Å². The Kier molecular flexibility index (Phi) is 6.01. The van der Waals surface area contributed by atoms with Gasteiger partial charge in [0.2, 0.25) is 0 Å². The molecule has 0 spiro atoms. The van der Waals surface area contributed by atoms with Crippen LogP contribution >= 0.6 is 11.6 Å². The molecular weight excluding hydrogens is 412 g/mol. The number of halogens is 1. The lowest BCUT2D eigenvalue weighted by Gasteiger charge is -2.36. The molecular formula is C24H27ClN4O2. The van der Waals surface area contributed by atoms with Crippen molar-refractivity contribution in [3.05, 3.63) is 69.1 Å². The van der Waals surface area contributed by atoms with Crippen LogP contribution < -0.4 is 10.5 Å². The molecule has 1 fully saturated rings. The summed E-state index contributed by atoms with van der Waals surface area (Å²) in [4.78, 5) is 30.4. The first-order valence-corrected chi connectivity index (χ1v) is 11.0. The lowest BCUT2D eigenvalue weighted by molar-refractivity contribution is 0.0740.